The van der Waals surface area contributed by atoms with E-state index in [9.17, 15) is 9.59 Å². The quantitative estimate of drug-likeness (QED) is 0.588. The minimum Gasteiger partial charge on any atom is -0.492 e. The summed E-state index contributed by atoms with van der Waals surface area (Å²) < 4.78 is 5.72. The van der Waals surface area contributed by atoms with Gasteiger partial charge in [0.1, 0.15) is 18.1 Å². The highest BCUT2D eigenvalue weighted by molar-refractivity contribution is 7.09. The van der Waals surface area contributed by atoms with Crippen LogP contribution in [-0.2, 0) is 17.6 Å². The summed E-state index contributed by atoms with van der Waals surface area (Å²) in [6, 6.07) is 15.7. The topological polar surface area (TPSA) is 80.3 Å². The molecular formula is C22H21N3O3S. The molecule has 0 spiro atoms. The Hall–Kier alpha value is -3.19. The number of benzene rings is 2. The van der Waals surface area contributed by atoms with E-state index >= 15 is 0 Å². The number of carbonyl (C=O) groups is 2. The van der Waals surface area contributed by atoms with Crippen molar-refractivity contribution in [2.24, 2.45) is 0 Å². The van der Waals surface area contributed by atoms with E-state index in [-0.39, 0.29) is 11.8 Å². The second-order valence-corrected chi connectivity index (χ2v) is 7.70. The van der Waals surface area contributed by atoms with E-state index in [4.69, 9.17) is 4.74 Å². The SMILES string of the molecule is O=C1CCc2cc(OCCNC(=O)c3csc(Cc4ccccc4)n3)ccc2N1. The second-order valence-electron chi connectivity index (χ2n) is 6.76. The Balaban J connectivity index is 1.24. The number of carbonyl (C=O) groups excluding carboxylic acids is 2. The van der Waals surface area contributed by atoms with E-state index in [1.54, 1.807) is 5.38 Å². The molecule has 0 aliphatic carbocycles. The van der Waals surface area contributed by atoms with Crippen molar-refractivity contribution in [1.82, 2.24) is 10.3 Å². The smallest absolute Gasteiger partial charge is 0.270 e. The Morgan fingerprint density at radius 1 is 1.17 bits per heavy atom. The number of aromatic nitrogens is 1. The molecule has 2 amide bonds. The second kappa shape index (κ2) is 8.87. The summed E-state index contributed by atoms with van der Waals surface area (Å²) in [5.74, 6) is 0.577. The number of hydrogen-bond acceptors (Lipinski definition) is 5. The number of amides is 2. The van der Waals surface area contributed by atoms with Crippen LogP contribution < -0.4 is 15.4 Å². The first kappa shape index (κ1) is 19.1. The fourth-order valence-corrected chi connectivity index (χ4v) is 3.95. The first-order chi connectivity index (χ1) is 14.2. The van der Waals surface area contributed by atoms with Gasteiger partial charge in [-0.3, -0.25) is 9.59 Å². The summed E-state index contributed by atoms with van der Waals surface area (Å²) in [5.41, 5.74) is 3.52. The lowest BCUT2D eigenvalue weighted by Gasteiger charge is -2.17. The first-order valence-corrected chi connectivity index (χ1v) is 10.4. The van der Waals surface area contributed by atoms with Gasteiger partial charge in [0.05, 0.1) is 11.6 Å². The highest BCUT2D eigenvalue weighted by Gasteiger charge is 2.15. The average Bonchev–Trinajstić information content (AvgIpc) is 3.20. The maximum absolute atomic E-state index is 12.3. The molecule has 0 saturated heterocycles. The van der Waals surface area contributed by atoms with Crippen LogP contribution in [0.1, 0.15) is 33.0 Å². The molecule has 2 aromatic carbocycles. The molecule has 0 unspecified atom stereocenters. The molecule has 1 aromatic heterocycles. The number of aryl methyl sites for hydroxylation is 1. The van der Waals surface area contributed by atoms with Crippen LogP contribution in [-0.4, -0.2) is 29.9 Å². The van der Waals surface area contributed by atoms with Crippen LogP contribution in [0.5, 0.6) is 5.75 Å². The zero-order valence-electron chi connectivity index (χ0n) is 15.8. The number of rotatable bonds is 7. The molecule has 0 bridgehead atoms. The van der Waals surface area contributed by atoms with Crippen molar-refractivity contribution in [1.29, 1.82) is 0 Å². The molecular weight excluding hydrogens is 386 g/mol. The van der Waals surface area contributed by atoms with Gasteiger partial charge in [-0.15, -0.1) is 11.3 Å². The van der Waals surface area contributed by atoms with Gasteiger partial charge < -0.3 is 15.4 Å². The van der Waals surface area contributed by atoms with Gasteiger partial charge in [-0.05, 0) is 35.7 Å². The molecule has 0 fully saturated rings. The maximum atomic E-state index is 12.3. The highest BCUT2D eigenvalue weighted by Crippen LogP contribution is 2.26. The number of ether oxygens (including phenoxy) is 1. The van der Waals surface area contributed by atoms with Crippen molar-refractivity contribution in [3.63, 3.8) is 0 Å². The van der Waals surface area contributed by atoms with Gasteiger partial charge in [-0.25, -0.2) is 4.98 Å². The molecule has 1 aliphatic rings. The van der Waals surface area contributed by atoms with Crippen LogP contribution >= 0.6 is 11.3 Å². The largest absolute Gasteiger partial charge is 0.492 e. The van der Waals surface area contributed by atoms with Crippen LogP contribution in [0.3, 0.4) is 0 Å². The molecule has 2 heterocycles. The summed E-state index contributed by atoms with van der Waals surface area (Å²) in [5, 5.41) is 8.38. The van der Waals surface area contributed by atoms with Crippen molar-refractivity contribution in [3.8, 4) is 5.75 Å². The third kappa shape index (κ3) is 5.00. The van der Waals surface area contributed by atoms with E-state index in [0.717, 1.165) is 28.4 Å². The number of nitrogens with zero attached hydrogens (tertiary/aromatic N) is 1. The Labute approximate surface area is 172 Å². The van der Waals surface area contributed by atoms with Gasteiger partial charge in [0.2, 0.25) is 5.91 Å². The Bertz CT molecular complexity index is 1020. The van der Waals surface area contributed by atoms with Crippen LogP contribution in [0, 0.1) is 0 Å². The maximum Gasteiger partial charge on any atom is 0.270 e. The lowest BCUT2D eigenvalue weighted by molar-refractivity contribution is -0.116. The van der Waals surface area contributed by atoms with E-state index in [2.05, 4.69) is 15.6 Å². The zero-order chi connectivity index (χ0) is 20.1. The van der Waals surface area contributed by atoms with Gasteiger partial charge in [0, 0.05) is 23.9 Å². The minimum atomic E-state index is -0.197. The van der Waals surface area contributed by atoms with E-state index in [1.807, 2.05) is 48.5 Å². The molecule has 2 N–H and O–H groups in total. The Morgan fingerprint density at radius 3 is 2.90 bits per heavy atom. The first-order valence-electron chi connectivity index (χ1n) is 9.49. The highest BCUT2D eigenvalue weighted by atomic mass is 32.1. The van der Waals surface area contributed by atoms with Gasteiger partial charge >= 0.3 is 0 Å². The molecule has 6 nitrogen and oxygen atoms in total. The fraction of sp³-hybridized carbons (Fsp3) is 0.227. The van der Waals surface area contributed by atoms with Crippen molar-refractivity contribution < 1.29 is 14.3 Å². The van der Waals surface area contributed by atoms with E-state index in [0.29, 0.717) is 31.7 Å². The molecule has 148 valence electrons. The number of fused-ring (bicyclic) bond motifs is 1. The Morgan fingerprint density at radius 2 is 2.03 bits per heavy atom. The Kier molecular flexibility index (Phi) is 5.86. The fourth-order valence-electron chi connectivity index (χ4n) is 3.14. The summed E-state index contributed by atoms with van der Waals surface area (Å²) in [7, 11) is 0. The van der Waals surface area contributed by atoms with Crippen LogP contribution in [0.25, 0.3) is 0 Å². The van der Waals surface area contributed by atoms with E-state index in [1.165, 1.54) is 16.9 Å². The molecule has 0 radical (unpaired) electrons. The van der Waals surface area contributed by atoms with Gasteiger partial charge in [-0.2, -0.15) is 0 Å². The molecule has 4 rings (SSSR count). The predicted octanol–water partition coefficient (Wildman–Crippen LogP) is 3.43. The summed E-state index contributed by atoms with van der Waals surface area (Å²) in [6.45, 7) is 0.746. The molecule has 0 atom stereocenters. The number of anilines is 1. The van der Waals surface area contributed by atoms with Crippen LogP contribution in [0.2, 0.25) is 0 Å². The molecule has 1 aliphatic heterocycles. The third-order valence-electron chi connectivity index (χ3n) is 4.61. The summed E-state index contributed by atoms with van der Waals surface area (Å²) in [4.78, 5) is 28.1. The zero-order valence-corrected chi connectivity index (χ0v) is 16.6. The third-order valence-corrected chi connectivity index (χ3v) is 5.46. The van der Waals surface area contributed by atoms with Crippen molar-refractivity contribution in [2.45, 2.75) is 19.3 Å². The minimum absolute atomic E-state index is 0.0443. The van der Waals surface area contributed by atoms with Crippen molar-refractivity contribution >= 4 is 28.8 Å². The average molecular weight is 407 g/mol. The van der Waals surface area contributed by atoms with Crippen LogP contribution in [0.4, 0.5) is 5.69 Å². The van der Waals surface area contributed by atoms with Gasteiger partial charge in [0.15, 0.2) is 0 Å². The van der Waals surface area contributed by atoms with Gasteiger partial charge in [0.25, 0.3) is 5.91 Å². The molecule has 29 heavy (non-hydrogen) atoms. The molecule has 7 heteroatoms. The van der Waals surface area contributed by atoms with Crippen molar-refractivity contribution in [2.75, 3.05) is 18.5 Å². The molecule has 0 saturated carbocycles. The number of hydrogen-bond donors (Lipinski definition) is 2. The summed E-state index contributed by atoms with van der Waals surface area (Å²) >= 11 is 1.49. The van der Waals surface area contributed by atoms with Crippen LogP contribution in [0.15, 0.2) is 53.9 Å². The summed E-state index contributed by atoms with van der Waals surface area (Å²) in [6.07, 6.45) is 1.93. The normalized spacial score (nSPS) is 12.8. The lowest BCUT2D eigenvalue weighted by Crippen LogP contribution is -2.28. The molecule has 3 aromatic rings. The van der Waals surface area contributed by atoms with Crippen molar-refractivity contribution in [3.05, 3.63) is 75.7 Å². The monoisotopic (exact) mass is 407 g/mol. The van der Waals surface area contributed by atoms with Gasteiger partial charge in [-0.1, -0.05) is 30.3 Å². The standard InChI is InChI=1S/C22H21N3O3S/c26-20-9-6-16-13-17(7-8-18(16)24-20)28-11-10-23-22(27)19-14-29-21(25-19)12-15-4-2-1-3-5-15/h1-5,7-8,13-14H,6,9-12H2,(H,23,27)(H,24,26). The number of thiazole rings is 1. The predicted molar refractivity (Wildman–Crippen MR) is 113 cm³/mol. The lowest BCUT2D eigenvalue weighted by atomic mass is 10.0. The number of nitrogens with one attached hydrogen (secondary N) is 2. The van der Waals surface area contributed by atoms with E-state index < -0.39 is 0 Å².